The molecule has 0 bridgehead atoms. The molecule has 0 unspecified atom stereocenters. The second-order valence-corrected chi connectivity index (χ2v) is 5.01. The summed E-state index contributed by atoms with van der Waals surface area (Å²) in [6, 6.07) is 6.29. The van der Waals surface area contributed by atoms with Gasteiger partial charge in [0, 0.05) is 12.1 Å². The Hall–Kier alpha value is -3.36. The lowest BCUT2D eigenvalue weighted by molar-refractivity contribution is -0.384. The maximum atomic E-state index is 13.6. The van der Waals surface area contributed by atoms with Crippen LogP contribution in [0.1, 0.15) is 15.9 Å². The molecule has 0 atom stereocenters. The molecule has 1 N–H and O–H groups in total. The van der Waals surface area contributed by atoms with Crippen molar-refractivity contribution >= 4 is 23.3 Å². The molecule has 25 heavy (non-hydrogen) atoms. The highest BCUT2D eigenvalue weighted by Crippen LogP contribution is 2.21. The number of hydrogen-bond donors (Lipinski definition) is 1. The zero-order valence-corrected chi connectivity index (χ0v) is 12.9. The molecule has 0 aliphatic heterocycles. The molecule has 0 radical (unpaired) electrons. The van der Waals surface area contributed by atoms with Crippen LogP contribution in [0, 0.1) is 28.7 Å². The number of nitrogens with one attached hydrogen (secondary N) is 1. The monoisotopic (exact) mass is 350 g/mol. The van der Waals surface area contributed by atoms with Gasteiger partial charge in [0.15, 0.2) is 6.61 Å². The van der Waals surface area contributed by atoms with Crippen LogP contribution < -0.4 is 5.32 Å². The summed E-state index contributed by atoms with van der Waals surface area (Å²) in [4.78, 5) is 33.3. The molecule has 9 heteroatoms. The molecule has 0 aliphatic carbocycles. The molecule has 0 fully saturated rings. The summed E-state index contributed by atoms with van der Waals surface area (Å²) in [6.07, 6.45) is 0. The second kappa shape index (κ2) is 7.47. The van der Waals surface area contributed by atoms with Gasteiger partial charge in [-0.25, -0.2) is 13.6 Å². The number of esters is 1. The van der Waals surface area contributed by atoms with Crippen LogP contribution in [0.4, 0.5) is 20.2 Å². The molecule has 0 saturated carbocycles. The van der Waals surface area contributed by atoms with Crippen molar-refractivity contribution in [2.24, 2.45) is 0 Å². The van der Waals surface area contributed by atoms with E-state index in [9.17, 15) is 28.5 Å². The number of nitro benzene ring substituents is 1. The Bertz CT molecular complexity index is 854. The number of amides is 1. The number of ether oxygens (including phenoxy) is 1. The summed E-state index contributed by atoms with van der Waals surface area (Å²) in [5.41, 5.74) is -0.576. The van der Waals surface area contributed by atoms with Crippen molar-refractivity contribution in [3.8, 4) is 0 Å². The van der Waals surface area contributed by atoms with Crippen molar-refractivity contribution in [2.75, 3.05) is 11.9 Å². The molecular formula is C16H12F2N2O5. The molecule has 2 rings (SSSR count). The Balaban J connectivity index is 1.98. The van der Waals surface area contributed by atoms with E-state index in [0.717, 1.165) is 24.3 Å². The Kier molecular flexibility index (Phi) is 5.38. The predicted octanol–water partition coefficient (Wildman–Crippen LogP) is 2.98. The number of aryl methyl sites for hydroxylation is 1. The van der Waals surface area contributed by atoms with Gasteiger partial charge in [-0.3, -0.25) is 14.9 Å². The van der Waals surface area contributed by atoms with E-state index in [1.54, 1.807) is 0 Å². The largest absolute Gasteiger partial charge is 0.452 e. The highest BCUT2D eigenvalue weighted by Gasteiger charge is 2.15. The first-order valence-corrected chi connectivity index (χ1v) is 6.95. The van der Waals surface area contributed by atoms with Crippen LogP contribution in [0.15, 0.2) is 36.4 Å². The summed E-state index contributed by atoms with van der Waals surface area (Å²) in [5.74, 6) is -3.32. The summed E-state index contributed by atoms with van der Waals surface area (Å²) in [7, 11) is 0. The van der Waals surface area contributed by atoms with Gasteiger partial charge in [0.1, 0.15) is 11.6 Å². The number of nitro groups is 1. The zero-order chi connectivity index (χ0) is 18.6. The standard InChI is InChI=1S/C16H12F2N2O5/c1-9-2-3-10(6-13(9)18)16(22)25-8-15(21)19-14-7-11(20(23)24)4-5-12(14)17/h2-7H,8H2,1H3,(H,19,21). The van der Waals surface area contributed by atoms with Gasteiger partial charge in [-0.15, -0.1) is 0 Å². The number of anilines is 1. The Morgan fingerprint density at radius 3 is 2.52 bits per heavy atom. The highest BCUT2D eigenvalue weighted by atomic mass is 19.1. The van der Waals surface area contributed by atoms with Gasteiger partial charge in [-0.2, -0.15) is 0 Å². The SMILES string of the molecule is Cc1ccc(C(=O)OCC(=O)Nc2cc([N+](=O)[O-])ccc2F)cc1F. The molecule has 2 aromatic carbocycles. The van der Waals surface area contributed by atoms with Gasteiger partial charge >= 0.3 is 5.97 Å². The van der Waals surface area contributed by atoms with Crippen molar-refractivity contribution < 1.29 is 28.0 Å². The molecule has 2 aromatic rings. The molecule has 7 nitrogen and oxygen atoms in total. The first kappa shape index (κ1) is 18.0. The Morgan fingerprint density at radius 2 is 1.88 bits per heavy atom. The third-order valence-electron chi connectivity index (χ3n) is 3.18. The molecule has 0 aliphatic rings. The van der Waals surface area contributed by atoms with Crippen LogP contribution in [0.25, 0.3) is 0 Å². The van der Waals surface area contributed by atoms with E-state index in [1.807, 2.05) is 0 Å². The quantitative estimate of drug-likeness (QED) is 0.508. The van der Waals surface area contributed by atoms with Crippen molar-refractivity contribution in [3.05, 3.63) is 69.3 Å². The minimum atomic E-state index is -0.937. The first-order chi connectivity index (χ1) is 11.8. The fraction of sp³-hybridized carbons (Fsp3) is 0.125. The molecule has 0 heterocycles. The van der Waals surface area contributed by atoms with Gasteiger partial charge in [-0.05, 0) is 30.7 Å². The minimum absolute atomic E-state index is 0.0857. The van der Waals surface area contributed by atoms with Crippen LogP contribution in [0.2, 0.25) is 0 Å². The summed E-state index contributed by atoms with van der Waals surface area (Å²) >= 11 is 0. The fourth-order valence-electron chi connectivity index (χ4n) is 1.84. The highest BCUT2D eigenvalue weighted by molar-refractivity contribution is 5.95. The zero-order valence-electron chi connectivity index (χ0n) is 12.9. The van der Waals surface area contributed by atoms with E-state index >= 15 is 0 Å². The Morgan fingerprint density at radius 1 is 1.16 bits per heavy atom. The third-order valence-corrected chi connectivity index (χ3v) is 3.18. The van der Waals surface area contributed by atoms with Gasteiger partial charge in [0.25, 0.3) is 11.6 Å². The van der Waals surface area contributed by atoms with E-state index < -0.39 is 46.4 Å². The molecule has 0 spiro atoms. The van der Waals surface area contributed by atoms with Gasteiger partial charge in [0.2, 0.25) is 0 Å². The minimum Gasteiger partial charge on any atom is -0.452 e. The molecule has 0 aromatic heterocycles. The maximum Gasteiger partial charge on any atom is 0.338 e. The van der Waals surface area contributed by atoms with Crippen molar-refractivity contribution in [3.63, 3.8) is 0 Å². The van der Waals surface area contributed by atoms with E-state index in [1.165, 1.54) is 19.1 Å². The molecule has 1 amide bonds. The van der Waals surface area contributed by atoms with Crippen LogP contribution >= 0.6 is 0 Å². The number of hydrogen-bond acceptors (Lipinski definition) is 5. The van der Waals surface area contributed by atoms with Crippen LogP contribution in [0.3, 0.4) is 0 Å². The molecule has 0 saturated heterocycles. The summed E-state index contributed by atoms with van der Waals surface area (Å²) in [5, 5.41) is 12.7. The van der Waals surface area contributed by atoms with Crippen LogP contribution in [-0.4, -0.2) is 23.4 Å². The normalized spacial score (nSPS) is 10.2. The number of carbonyl (C=O) groups is 2. The summed E-state index contributed by atoms with van der Waals surface area (Å²) < 4.78 is 31.6. The van der Waals surface area contributed by atoms with Gasteiger partial charge < -0.3 is 10.1 Å². The third kappa shape index (κ3) is 4.56. The first-order valence-electron chi connectivity index (χ1n) is 6.95. The number of nitrogens with zero attached hydrogens (tertiary/aromatic N) is 1. The van der Waals surface area contributed by atoms with Crippen molar-refractivity contribution in [1.82, 2.24) is 0 Å². The molecular weight excluding hydrogens is 338 g/mol. The second-order valence-electron chi connectivity index (χ2n) is 5.01. The average Bonchev–Trinajstić information content (AvgIpc) is 2.57. The lowest BCUT2D eigenvalue weighted by Gasteiger charge is -2.08. The number of non-ortho nitro benzene ring substituents is 1. The lowest BCUT2D eigenvalue weighted by atomic mass is 10.1. The Labute approximate surface area is 140 Å². The van der Waals surface area contributed by atoms with Crippen LogP contribution in [0.5, 0.6) is 0 Å². The lowest BCUT2D eigenvalue weighted by Crippen LogP contribution is -2.21. The topological polar surface area (TPSA) is 98.5 Å². The predicted molar refractivity (Wildman–Crippen MR) is 83.1 cm³/mol. The maximum absolute atomic E-state index is 13.6. The number of benzene rings is 2. The van der Waals surface area contributed by atoms with E-state index in [0.29, 0.717) is 5.56 Å². The smallest absolute Gasteiger partial charge is 0.338 e. The van der Waals surface area contributed by atoms with E-state index in [-0.39, 0.29) is 5.56 Å². The fourth-order valence-corrected chi connectivity index (χ4v) is 1.84. The van der Waals surface area contributed by atoms with E-state index in [2.05, 4.69) is 5.32 Å². The van der Waals surface area contributed by atoms with Crippen molar-refractivity contribution in [1.29, 1.82) is 0 Å². The summed E-state index contributed by atoms with van der Waals surface area (Å²) in [6.45, 7) is 0.752. The average molecular weight is 350 g/mol. The number of carbonyl (C=O) groups excluding carboxylic acids is 2. The van der Waals surface area contributed by atoms with E-state index in [4.69, 9.17) is 4.74 Å². The van der Waals surface area contributed by atoms with Crippen molar-refractivity contribution in [2.45, 2.75) is 6.92 Å². The number of rotatable bonds is 5. The number of halogens is 2. The van der Waals surface area contributed by atoms with Gasteiger partial charge in [0.05, 0.1) is 16.2 Å². The molecule has 130 valence electrons. The van der Waals surface area contributed by atoms with Crippen LogP contribution in [-0.2, 0) is 9.53 Å². The van der Waals surface area contributed by atoms with Gasteiger partial charge in [-0.1, -0.05) is 6.07 Å².